The molecule has 118 valence electrons. The van der Waals surface area contributed by atoms with Crippen molar-refractivity contribution in [2.45, 2.75) is 23.8 Å². The molecule has 1 unspecified atom stereocenters. The van der Waals surface area contributed by atoms with E-state index < -0.39 is 15.4 Å². The van der Waals surface area contributed by atoms with E-state index in [-0.39, 0.29) is 17.5 Å². The summed E-state index contributed by atoms with van der Waals surface area (Å²) in [5, 5.41) is 2.90. The van der Waals surface area contributed by atoms with Gasteiger partial charge >= 0.3 is 5.97 Å². The Kier molecular flexibility index (Phi) is 5.74. The number of hydrogen-bond donors (Lipinski definition) is 1. The highest BCUT2D eigenvalue weighted by Gasteiger charge is 2.32. The average molecular weight is 315 g/mol. The first kappa shape index (κ1) is 17.5. The van der Waals surface area contributed by atoms with Crippen LogP contribution in [0.4, 0.5) is 0 Å². The van der Waals surface area contributed by atoms with Gasteiger partial charge < -0.3 is 14.8 Å². The van der Waals surface area contributed by atoms with Crippen molar-refractivity contribution in [2.75, 3.05) is 27.0 Å². The second-order valence-corrected chi connectivity index (χ2v) is 6.93. The molecule has 1 aromatic carbocycles. The van der Waals surface area contributed by atoms with Gasteiger partial charge in [0.05, 0.1) is 18.6 Å². The maximum Gasteiger partial charge on any atom is 0.325 e. The number of ether oxygens (including phenoxy) is 2. The van der Waals surface area contributed by atoms with Gasteiger partial charge in [0, 0.05) is 12.7 Å². The van der Waals surface area contributed by atoms with Gasteiger partial charge in [-0.05, 0) is 32.2 Å². The van der Waals surface area contributed by atoms with E-state index in [9.17, 15) is 13.2 Å². The Hall–Kier alpha value is -1.60. The molecule has 0 fully saturated rings. The molecule has 0 heterocycles. The maximum atomic E-state index is 11.7. The molecule has 1 atom stereocenters. The fourth-order valence-corrected chi connectivity index (χ4v) is 2.38. The van der Waals surface area contributed by atoms with Crippen LogP contribution in [-0.4, -0.2) is 46.9 Å². The molecule has 0 saturated heterocycles. The smallest absolute Gasteiger partial charge is 0.325 e. The van der Waals surface area contributed by atoms with E-state index >= 15 is 0 Å². The number of likely N-dealkylation sites (N-methyl/N-ethyl adjacent to an activating group) is 1. The first-order chi connectivity index (χ1) is 9.73. The monoisotopic (exact) mass is 315 g/mol. The van der Waals surface area contributed by atoms with Crippen LogP contribution in [-0.2, 0) is 19.4 Å². The molecule has 0 aliphatic rings. The van der Waals surface area contributed by atoms with Crippen molar-refractivity contribution in [3.63, 3.8) is 0 Å². The first-order valence-corrected chi connectivity index (χ1v) is 8.32. The SMILES string of the molecule is CNC(C)(CCOc1cccc(S(C)(=O)=O)c1)C(=O)OC. The fourth-order valence-electron chi connectivity index (χ4n) is 1.72. The zero-order valence-electron chi connectivity index (χ0n) is 12.7. The molecule has 0 saturated carbocycles. The summed E-state index contributed by atoms with van der Waals surface area (Å²) in [6.07, 6.45) is 1.53. The fraction of sp³-hybridized carbons (Fsp3) is 0.500. The Morgan fingerprint density at radius 1 is 1.38 bits per heavy atom. The molecule has 0 aromatic heterocycles. The summed E-state index contributed by atoms with van der Waals surface area (Å²) in [5.74, 6) is 0.0692. The second-order valence-electron chi connectivity index (χ2n) is 4.92. The van der Waals surface area contributed by atoms with Crippen LogP contribution in [0.15, 0.2) is 29.2 Å². The number of benzene rings is 1. The Bertz CT molecular complexity index is 599. The molecule has 0 radical (unpaired) electrons. The van der Waals surface area contributed by atoms with Gasteiger partial charge in [0.1, 0.15) is 11.3 Å². The second kappa shape index (κ2) is 6.91. The lowest BCUT2D eigenvalue weighted by Crippen LogP contribution is -2.49. The van der Waals surface area contributed by atoms with Crippen molar-refractivity contribution >= 4 is 15.8 Å². The third-order valence-corrected chi connectivity index (χ3v) is 4.40. The number of esters is 1. The van der Waals surface area contributed by atoms with Crippen molar-refractivity contribution in [1.82, 2.24) is 5.32 Å². The summed E-state index contributed by atoms with van der Waals surface area (Å²) in [6, 6.07) is 6.26. The van der Waals surface area contributed by atoms with Crippen LogP contribution in [0.3, 0.4) is 0 Å². The van der Waals surface area contributed by atoms with Gasteiger partial charge in [-0.25, -0.2) is 8.42 Å². The van der Waals surface area contributed by atoms with Gasteiger partial charge in [-0.15, -0.1) is 0 Å². The number of carbonyl (C=O) groups excluding carboxylic acids is 1. The number of methoxy groups -OCH3 is 1. The molecule has 1 N–H and O–H groups in total. The van der Waals surface area contributed by atoms with E-state index in [1.54, 1.807) is 26.1 Å². The normalized spacial score (nSPS) is 14.3. The molecule has 0 aliphatic heterocycles. The number of hydrogen-bond acceptors (Lipinski definition) is 6. The molecular weight excluding hydrogens is 294 g/mol. The minimum Gasteiger partial charge on any atom is -0.493 e. The van der Waals surface area contributed by atoms with Crippen LogP contribution in [0, 0.1) is 0 Å². The van der Waals surface area contributed by atoms with Gasteiger partial charge in [0.2, 0.25) is 0 Å². The van der Waals surface area contributed by atoms with Crippen LogP contribution >= 0.6 is 0 Å². The van der Waals surface area contributed by atoms with E-state index in [4.69, 9.17) is 9.47 Å². The molecule has 0 aliphatic carbocycles. The molecule has 6 nitrogen and oxygen atoms in total. The molecule has 21 heavy (non-hydrogen) atoms. The Labute approximate surface area is 125 Å². The topological polar surface area (TPSA) is 81.7 Å². The van der Waals surface area contributed by atoms with Crippen LogP contribution < -0.4 is 10.1 Å². The summed E-state index contributed by atoms with van der Waals surface area (Å²) >= 11 is 0. The van der Waals surface area contributed by atoms with Gasteiger partial charge in [-0.2, -0.15) is 0 Å². The summed E-state index contributed by atoms with van der Waals surface area (Å²) < 4.78 is 33.2. The van der Waals surface area contributed by atoms with Crippen LogP contribution in [0.5, 0.6) is 5.75 Å². The van der Waals surface area contributed by atoms with Crippen molar-refractivity contribution in [1.29, 1.82) is 0 Å². The van der Waals surface area contributed by atoms with E-state index in [1.165, 1.54) is 19.2 Å². The number of sulfone groups is 1. The van der Waals surface area contributed by atoms with Crippen LogP contribution in [0.1, 0.15) is 13.3 Å². The molecule has 1 rings (SSSR count). The first-order valence-electron chi connectivity index (χ1n) is 6.43. The van der Waals surface area contributed by atoms with E-state index in [2.05, 4.69) is 5.32 Å². The molecule has 7 heteroatoms. The van der Waals surface area contributed by atoms with E-state index in [0.29, 0.717) is 12.2 Å². The third-order valence-electron chi connectivity index (χ3n) is 3.29. The highest BCUT2D eigenvalue weighted by Crippen LogP contribution is 2.19. The molecular formula is C14H21NO5S. The number of carbonyl (C=O) groups is 1. The Balaban J connectivity index is 2.70. The lowest BCUT2D eigenvalue weighted by Gasteiger charge is -2.25. The van der Waals surface area contributed by atoms with Crippen molar-refractivity contribution in [3.8, 4) is 5.75 Å². The zero-order chi connectivity index (χ0) is 16.1. The lowest BCUT2D eigenvalue weighted by molar-refractivity contribution is -0.148. The van der Waals surface area contributed by atoms with Crippen LogP contribution in [0.2, 0.25) is 0 Å². The summed E-state index contributed by atoms with van der Waals surface area (Å²) in [7, 11) is -0.272. The standard InChI is InChI=1S/C14H21NO5S/c1-14(15-2,13(16)19-3)8-9-20-11-6-5-7-12(10-11)21(4,17)18/h5-7,10,15H,8-9H2,1-4H3. The predicted molar refractivity (Wildman–Crippen MR) is 79.1 cm³/mol. The quantitative estimate of drug-likeness (QED) is 0.756. The van der Waals surface area contributed by atoms with Crippen molar-refractivity contribution in [3.05, 3.63) is 24.3 Å². The maximum absolute atomic E-state index is 11.7. The van der Waals surface area contributed by atoms with E-state index in [0.717, 1.165) is 6.26 Å². The molecule has 0 spiro atoms. The van der Waals surface area contributed by atoms with E-state index in [1.807, 2.05) is 0 Å². The van der Waals surface area contributed by atoms with Crippen LogP contribution in [0.25, 0.3) is 0 Å². The Morgan fingerprint density at radius 3 is 2.57 bits per heavy atom. The Morgan fingerprint density at radius 2 is 2.05 bits per heavy atom. The van der Waals surface area contributed by atoms with Gasteiger partial charge in [0.25, 0.3) is 0 Å². The van der Waals surface area contributed by atoms with Gasteiger partial charge in [0.15, 0.2) is 9.84 Å². The largest absolute Gasteiger partial charge is 0.493 e. The highest BCUT2D eigenvalue weighted by molar-refractivity contribution is 7.90. The molecule has 1 aromatic rings. The summed E-state index contributed by atoms with van der Waals surface area (Å²) in [4.78, 5) is 11.9. The predicted octanol–water partition coefficient (Wildman–Crippen LogP) is 1.01. The average Bonchev–Trinajstić information content (AvgIpc) is 2.45. The molecule has 0 bridgehead atoms. The summed E-state index contributed by atoms with van der Waals surface area (Å²) in [5.41, 5.74) is -0.844. The number of rotatable bonds is 7. The molecule has 0 amide bonds. The van der Waals surface area contributed by atoms with Gasteiger partial charge in [-0.1, -0.05) is 6.07 Å². The van der Waals surface area contributed by atoms with Gasteiger partial charge in [-0.3, -0.25) is 4.79 Å². The minimum absolute atomic E-state index is 0.198. The highest BCUT2D eigenvalue weighted by atomic mass is 32.2. The zero-order valence-corrected chi connectivity index (χ0v) is 13.5. The minimum atomic E-state index is -3.27. The van der Waals surface area contributed by atoms with Crippen molar-refractivity contribution < 1.29 is 22.7 Å². The lowest BCUT2D eigenvalue weighted by atomic mass is 9.99. The number of nitrogens with one attached hydrogen (secondary N) is 1. The van der Waals surface area contributed by atoms with Crippen molar-refractivity contribution in [2.24, 2.45) is 0 Å². The summed E-state index contributed by atoms with van der Waals surface area (Å²) in [6.45, 7) is 1.97. The third kappa shape index (κ3) is 4.71.